The summed E-state index contributed by atoms with van der Waals surface area (Å²) in [5, 5.41) is 2.91. The SMILES string of the molecule is Cc1cc(NC(=O)[C@@H]2CCCN(c3cnc4nccnc4c3)C2)ccc1F. The Bertz CT molecular complexity index is 993. The van der Waals surface area contributed by atoms with E-state index in [2.05, 4.69) is 25.2 Å². The largest absolute Gasteiger partial charge is 0.369 e. The maximum absolute atomic E-state index is 13.4. The maximum atomic E-state index is 13.4. The normalized spacial score (nSPS) is 17.1. The van der Waals surface area contributed by atoms with Crippen LogP contribution in [0, 0.1) is 18.7 Å². The van der Waals surface area contributed by atoms with E-state index in [1.807, 2.05) is 6.07 Å². The highest BCUT2D eigenvalue weighted by Crippen LogP contribution is 2.25. The number of piperidine rings is 1. The summed E-state index contributed by atoms with van der Waals surface area (Å²) < 4.78 is 13.4. The van der Waals surface area contributed by atoms with Gasteiger partial charge in [0.25, 0.3) is 0 Å². The van der Waals surface area contributed by atoms with E-state index in [1.165, 1.54) is 6.07 Å². The third kappa shape index (κ3) is 3.72. The Balaban J connectivity index is 1.48. The predicted octanol–water partition coefficient (Wildman–Crippen LogP) is 3.33. The number of rotatable bonds is 3. The topological polar surface area (TPSA) is 71.0 Å². The van der Waals surface area contributed by atoms with Crippen molar-refractivity contribution in [2.45, 2.75) is 19.8 Å². The molecule has 1 fully saturated rings. The summed E-state index contributed by atoms with van der Waals surface area (Å²) in [6, 6.07) is 6.57. The van der Waals surface area contributed by atoms with E-state index in [9.17, 15) is 9.18 Å². The highest BCUT2D eigenvalue weighted by atomic mass is 19.1. The lowest BCUT2D eigenvalue weighted by Gasteiger charge is -2.33. The summed E-state index contributed by atoms with van der Waals surface area (Å²) in [5.41, 5.74) is 3.43. The van der Waals surface area contributed by atoms with Gasteiger partial charge in [0.2, 0.25) is 5.91 Å². The molecule has 3 heterocycles. The van der Waals surface area contributed by atoms with E-state index in [0.29, 0.717) is 23.4 Å². The van der Waals surface area contributed by atoms with Gasteiger partial charge < -0.3 is 10.2 Å². The van der Waals surface area contributed by atoms with Crippen molar-refractivity contribution in [1.29, 1.82) is 0 Å². The van der Waals surface area contributed by atoms with Crippen LogP contribution in [-0.4, -0.2) is 33.9 Å². The van der Waals surface area contributed by atoms with E-state index in [0.717, 1.165) is 30.6 Å². The lowest BCUT2D eigenvalue weighted by atomic mass is 9.96. The molecule has 1 aliphatic rings. The number of carbonyl (C=O) groups excluding carboxylic acids is 1. The molecular weight excluding hydrogens is 345 g/mol. The fourth-order valence-corrected chi connectivity index (χ4v) is 3.41. The molecule has 1 N–H and O–H groups in total. The molecule has 0 spiro atoms. The lowest BCUT2D eigenvalue weighted by molar-refractivity contribution is -0.120. The Morgan fingerprint density at radius 3 is 2.93 bits per heavy atom. The Morgan fingerprint density at radius 2 is 2.07 bits per heavy atom. The molecule has 0 aliphatic carbocycles. The van der Waals surface area contributed by atoms with E-state index >= 15 is 0 Å². The van der Waals surface area contributed by atoms with Crippen LogP contribution in [0.1, 0.15) is 18.4 Å². The summed E-state index contributed by atoms with van der Waals surface area (Å²) in [4.78, 5) is 27.7. The van der Waals surface area contributed by atoms with Crippen molar-refractivity contribution < 1.29 is 9.18 Å². The second-order valence-electron chi connectivity index (χ2n) is 6.83. The van der Waals surface area contributed by atoms with Crippen LogP contribution in [0.25, 0.3) is 11.2 Å². The maximum Gasteiger partial charge on any atom is 0.229 e. The Hall–Kier alpha value is -3.09. The molecule has 1 amide bonds. The molecule has 27 heavy (non-hydrogen) atoms. The average molecular weight is 365 g/mol. The van der Waals surface area contributed by atoms with Crippen LogP contribution >= 0.6 is 0 Å². The van der Waals surface area contributed by atoms with Gasteiger partial charge in [-0.15, -0.1) is 0 Å². The number of carbonyl (C=O) groups is 1. The van der Waals surface area contributed by atoms with E-state index in [1.54, 1.807) is 37.6 Å². The number of hydrogen-bond donors (Lipinski definition) is 1. The molecule has 0 radical (unpaired) electrons. The number of pyridine rings is 1. The van der Waals surface area contributed by atoms with Gasteiger partial charge in [-0.1, -0.05) is 0 Å². The summed E-state index contributed by atoms with van der Waals surface area (Å²) >= 11 is 0. The average Bonchev–Trinajstić information content (AvgIpc) is 2.70. The minimum Gasteiger partial charge on any atom is -0.369 e. The molecule has 4 rings (SSSR count). The van der Waals surface area contributed by atoms with Crippen LogP contribution in [-0.2, 0) is 4.79 Å². The monoisotopic (exact) mass is 365 g/mol. The van der Waals surface area contributed by atoms with Gasteiger partial charge in [0, 0.05) is 31.2 Å². The van der Waals surface area contributed by atoms with E-state index in [4.69, 9.17) is 0 Å². The summed E-state index contributed by atoms with van der Waals surface area (Å²) in [6.07, 6.45) is 6.78. The van der Waals surface area contributed by atoms with Crippen molar-refractivity contribution in [3.8, 4) is 0 Å². The standard InChI is InChI=1S/C20H20FN5O/c1-13-9-15(4-5-17(13)21)25-20(27)14-3-2-8-26(12-14)16-10-18-19(24-11-16)23-7-6-22-18/h4-7,9-11,14H,2-3,8,12H2,1H3,(H,25,27)/t14-/m1/s1. The quantitative estimate of drug-likeness (QED) is 0.771. The van der Waals surface area contributed by atoms with Gasteiger partial charge >= 0.3 is 0 Å². The van der Waals surface area contributed by atoms with Crippen molar-refractivity contribution in [3.05, 3.63) is 54.2 Å². The molecule has 0 unspecified atom stereocenters. The third-order valence-electron chi connectivity index (χ3n) is 4.89. The zero-order chi connectivity index (χ0) is 18.8. The Kier molecular flexibility index (Phi) is 4.66. The first kappa shape index (κ1) is 17.3. The van der Waals surface area contributed by atoms with Crippen LogP contribution in [0.2, 0.25) is 0 Å². The number of aromatic nitrogens is 3. The van der Waals surface area contributed by atoms with Gasteiger partial charge in [-0.2, -0.15) is 0 Å². The number of hydrogen-bond acceptors (Lipinski definition) is 5. The minimum absolute atomic E-state index is 0.0424. The second kappa shape index (κ2) is 7.26. The molecule has 2 aromatic heterocycles. The van der Waals surface area contributed by atoms with Crippen molar-refractivity contribution in [2.75, 3.05) is 23.3 Å². The predicted molar refractivity (Wildman–Crippen MR) is 102 cm³/mol. The summed E-state index contributed by atoms with van der Waals surface area (Å²) in [7, 11) is 0. The highest BCUT2D eigenvalue weighted by Gasteiger charge is 2.26. The van der Waals surface area contributed by atoms with Crippen molar-refractivity contribution >= 4 is 28.4 Å². The fraction of sp³-hybridized carbons (Fsp3) is 0.300. The Labute approximate surface area is 156 Å². The summed E-state index contributed by atoms with van der Waals surface area (Å²) in [6.45, 7) is 3.16. The van der Waals surface area contributed by atoms with Crippen LogP contribution in [0.15, 0.2) is 42.9 Å². The van der Waals surface area contributed by atoms with Gasteiger partial charge in [0.1, 0.15) is 11.3 Å². The number of benzene rings is 1. The zero-order valence-electron chi connectivity index (χ0n) is 15.0. The van der Waals surface area contributed by atoms with Crippen LogP contribution in [0.3, 0.4) is 0 Å². The van der Waals surface area contributed by atoms with Crippen LogP contribution in [0.4, 0.5) is 15.8 Å². The number of halogens is 1. The summed E-state index contributed by atoms with van der Waals surface area (Å²) in [5.74, 6) is -0.454. The van der Waals surface area contributed by atoms with Crippen molar-refractivity contribution in [2.24, 2.45) is 5.92 Å². The minimum atomic E-state index is -0.274. The van der Waals surface area contributed by atoms with Gasteiger partial charge in [-0.05, 0) is 49.6 Å². The number of aryl methyl sites for hydroxylation is 1. The number of fused-ring (bicyclic) bond motifs is 1. The number of anilines is 2. The molecule has 3 aromatic rings. The molecule has 1 aliphatic heterocycles. The third-order valence-corrected chi connectivity index (χ3v) is 4.89. The molecule has 6 nitrogen and oxygen atoms in total. The number of nitrogens with zero attached hydrogens (tertiary/aromatic N) is 4. The van der Waals surface area contributed by atoms with Gasteiger partial charge in [0.15, 0.2) is 5.65 Å². The molecule has 138 valence electrons. The first-order chi connectivity index (χ1) is 13.1. The fourth-order valence-electron chi connectivity index (χ4n) is 3.41. The Morgan fingerprint density at radius 1 is 1.22 bits per heavy atom. The van der Waals surface area contributed by atoms with Gasteiger partial charge in [-0.25, -0.2) is 14.4 Å². The van der Waals surface area contributed by atoms with Crippen molar-refractivity contribution in [3.63, 3.8) is 0 Å². The van der Waals surface area contributed by atoms with Gasteiger partial charge in [-0.3, -0.25) is 9.78 Å². The molecule has 7 heteroatoms. The molecule has 0 saturated carbocycles. The van der Waals surface area contributed by atoms with E-state index in [-0.39, 0.29) is 17.6 Å². The first-order valence-corrected chi connectivity index (χ1v) is 8.99. The van der Waals surface area contributed by atoms with Gasteiger partial charge in [0.05, 0.1) is 17.8 Å². The molecule has 0 bridgehead atoms. The lowest BCUT2D eigenvalue weighted by Crippen LogP contribution is -2.40. The van der Waals surface area contributed by atoms with E-state index < -0.39 is 0 Å². The van der Waals surface area contributed by atoms with Crippen molar-refractivity contribution in [1.82, 2.24) is 15.0 Å². The molecule has 1 aromatic carbocycles. The molecule has 1 saturated heterocycles. The second-order valence-corrected chi connectivity index (χ2v) is 6.83. The highest BCUT2D eigenvalue weighted by molar-refractivity contribution is 5.93. The van der Waals surface area contributed by atoms with Crippen LogP contribution in [0.5, 0.6) is 0 Å². The van der Waals surface area contributed by atoms with Crippen LogP contribution < -0.4 is 10.2 Å². The smallest absolute Gasteiger partial charge is 0.229 e. The number of nitrogens with one attached hydrogen (secondary N) is 1. The molecule has 1 atom stereocenters. The molecular formula is C20H20FN5O. The zero-order valence-corrected chi connectivity index (χ0v) is 15.0. The first-order valence-electron chi connectivity index (χ1n) is 8.99. The number of amides is 1.